The molecule has 0 saturated carbocycles. The molecule has 0 heterocycles. The average Bonchev–Trinajstić information content (AvgIpc) is 2.25. The summed E-state index contributed by atoms with van der Waals surface area (Å²) in [7, 11) is 1.88. The van der Waals surface area contributed by atoms with Gasteiger partial charge in [0.2, 0.25) is 0 Å². The van der Waals surface area contributed by atoms with Crippen molar-refractivity contribution in [2.45, 2.75) is 39.5 Å². The number of hydrogen-bond acceptors (Lipinski definition) is 1. The second kappa shape index (κ2) is 8.34. The minimum atomic E-state index is 0.581. The van der Waals surface area contributed by atoms with Crippen LogP contribution in [0.1, 0.15) is 39.5 Å². The molecule has 0 aliphatic heterocycles. The first-order valence-corrected chi connectivity index (χ1v) is 5.85. The highest BCUT2D eigenvalue weighted by Crippen LogP contribution is 2.17. The average molecular weight is 207 g/mol. The largest absolute Gasteiger partial charge is 0.389 e. The van der Waals surface area contributed by atoms with Gasteiger partial charge in [-0.2, -0.15) is 0 Å². The molecule has 0 bridgehead atoms. The topological polar surface area (TPSA) is 12.0 Å². The third-order valence-corrected chi connectivity index (χ3v) is 2.69. The molecule has 86 valence electrons. The summed E-state index contributed by atoms with van der Waals surface area (Å²) in [5, 5.41) is 2.99. The Hall–Kier alpha value is -0.980. The Kier molecular flexibility index (Phi) is 7.79. The molecule has 1 heteroatoms. The Morgan fingerprint density at radius 1 is 1.27 bits per heavy atom. The maximum absolute atomic E-state index is 4.08. The van der Waals surface area contributed by atoms with Crippen molar-refractivity contribution in [2.75, 3.05) is 7.05 Å². The molecule has 1 unspecified atom stereocenters. The van der Waals surface area contributed by atoms with Crippen molar-refractivity contribution in [3.8, 4) is 0 Å². The number of unbranched alkanes of at least 4 members (excludes halogenated alkanes) is 2. The third-order valence-electron chi connectivity index (χ3n) is 2.69. The van der Waals surface area contributed by atoms with E-state index in [2.05, 4.69) is 38.4 Å². The minimum Gasteiger partial charge on any atom is -0.389 e. The maximum Gasteiger partial charge on any atom is 0.0264 e. The van der Waals surface area contributed by atoms with E-state index in [9.17, 15) is 0 Å². The summed E-state index contributed by atoms with van der Waals surface area (Å²) in [6, 6.07) is 0. The first-order chi connectivity index (χ1) is 7.11. The highest BCUT2D eigenvalue weighted by Gasteiger charge is 2.02. The van der Waals surface area contributed by atoms with Crippen LogP contribution in [0.15, 0.2) is 36.6 Å². The van der Waals surface area contributed by atoms with Crippen LogP contribution in [0.25, 0.3) is 0 Å². The number of nitrogens with one attached hydrogen (secondary N) is 1. The molecule has 15 heavy (non-hydrogen) atoms. The van der Waals surface area contributed by atoms with E-state index >= 15 is 0 Å². The van der Waals surface area contributed by atoms with Crippen molar-refractivity contribution in [3.63, 3.8) is 0 Å². The van der Waals surface area contributed by atoms with Crippen molar-refractivity contribution in [1.29, 1.82) is 0 Å². The zero-order chi connectivity index (χ0) is 11.7. The molecular weight excluding hydrogens is 182 g/mol. The fourth-order valence-corrected chi connectivity index (χ4v) is 1.34. The normalized spacial score (nSPS) is 12.7. The second-order valence-corrected chi connectivity index (χ2v) is 4.08. The van der Waals surface area contributed by atoms with Gasteiger partial charge >= 0.3 is 0 Å². The van der Waals surface area contributed by atoms with E-state index in [1.165, 1.54) is 31.3 Å². The van der Waals surface area contributed by atoms with Gasteiger partial charge in [0.15, 0.2) is 0 Å². The Balaban J connectivity index is 3.88. The Labute approximate surface area is 95.0 Å². The summed E-state index contributed by atoms with van der Waals surface area (Å²) in [4.78, 5) is 0. The SMILES string of the molecule is C=C(/C=C\C(=C)C(C)CCCCC)NC. The lowest BCUT2D eigenvalue weighted by Gasteiger charge is -2.11. The van der Waals surface area contributed by atoms with E-state index in [0.29, 0.717) is 5.92 Å². The highest BCUT2D eigenvalue weighted by molar-refractivity contribution is 5.24. The van der Waals surface area contributed by atoms with Crippen LogP contribution in [0.3, 0.4) is 0 Å². The van der Waals surface area contributed by atoms with Crippen LogP contribution in [-0.2, 0) is 0 Å². The van der Waals surface area contributed by atoms with Gasteiger partial charge in [-0.25, -0.2) is 0 Å². The van der Waals surface area contributed by atoms with Crippen LogP contribution in [0.5, 0.6) is 0 Å². The summed E-state index contributed by atoms with van der Waals surface area (Å²) < 4.78 is 0. The molecule has 0 amide bonds. The van der Waals surface area contributed by atoms with Gasteiger partial charge in [-0.15, -0.1) is 0 Å². The first kappa shape index (κ1) is 14.0. The van der Waals surface area contributed by atoms with Gasteiger partial charge in [0.1, 0.15) is 0 Å². The van der Waals surface area contributed by atoms with Gasteiger partial charge in [-0.05, 0) is 18.4 Å². The summed E-state index contributed by atoms with van der Waals surface area (Å²) in [5.74, 6) is 0.581. The van der Waals surface area contributed by atoms with Crippen LogP contribution in [-0.4, -0.2) is 7.05 Å². The van der Waals surface area contributed by atoms with E-state index in [4.69, 9.17) is 0 Å². The van der Waals surface area contributed by atoms with E-state index in [-0.39, 0.29) is 0 Å². The Bertz CT molecular complexity index is 225. The molecule has 0 aromatic rings. The summed E-state index contributed by atoms with van der Waals surface area (Å²) in [6.07, 6.45) is 9.20. The lowest BCUT2D eigenvalue weighted by Crippen LogP contribution is -2.01. The minimum absolute atomic E-state index is 0.581. The summed E-state index contributed by atoms with van der Waals surface area (Å²) in [5.41, 5.74) is 2.12. The molecule has 0 aromatic heterocycles. The van der Waals surface area contributed by atoms with Crippen molar-refractivity contribution in [2.24, 2.45) is 5.92 Å². The van der Waals surface area contributed by atoms with Crippen molar-refractivity contribution in [1.82, 2.24) is 5.32 Å². The monoisotopic (exact) mass is 207 g/mol. The van der Waals surface area contributed by atoms with E-state index in [1.807, 2.05) is 13.1 Å². The molecule has 0 fully saturated rings. The molecule has 0 radical (unpaired) electrons. The molecule has 0 spiro atoms. The highest BCUT2D eigenvalue weighted by atomic mass is 14.8. The lowest BCUT2D eigenvalue weighted by molar-refractivity contribution is 0.563. The lowest BCUT2D eigenvalue weighted by atomic mass is 9.95. The summed E-state index contributed by atoms with van der Waals surface area (Å²) in [6.45, 7) is 12.4. The Morgan fingerprint density at radius 3 is 2.47 bits per heavy atom. The molecule has 1 atom stereocenters. The van der Waals surface area contributed by atoms with Crippen LogP contribution in [0.4, 0.5) is 0 Å². The third kappa shape index (κ3) is 7.01. The van der Waals surface area contributed by atoms with Crippen molar-refractivity contribution < 1.29 is 0 Å². The fourth-order valence-electron chi connectivity index (χ4n) is 1.34. The van der Waals surface area contributed by atoms with Crippen molar-refractivity contribution >= 4 is 0 Å². The first-order valence-electron chi connectivity index (χ1n) is 5.85. The van der Waals surface area contributed by atoms with Crippen LogP contribution < -0.4 is 5.32 Å². The van der Waals surface area contributed by atoms with Gasteiger partial charge in [-0.3, -0.25) is 0 Å². The number of likely N-dealkylation sites (N-methyl/N-ethyl adjacent to an activating group) is 1. The van der Waals surface area contributed by atoms with Gasteiger partial charge in [0.25, 0.3) is 0 Å². The van der Waals surface area contributed by atoms with E-state index < -0.39 is 0 Å². The van der Waals surface area contributed by atoms with Gasteiger partial charge in [0.05, 0.1) is 0 Å². The predicted molar refractivity (Wildman–Crippen MR) is 69.8 cm³/mol. The second-order valence-electron chi connectivity index (χ2n) is 4.08. The van der Waals surface area contributed by atoms with Crippen LogP contribution in [0, 0.1) is 5.92 Å². The molecule has 0 aliphatic rings. The summed E-state index contributed by atoms with van der Waals surface area (Å²) >= 11 is 0. The predicted octanol–water partition coefficient (Wildman–Crippen LogP) is 4.05. The molecule has 0 rings (SSSR count). The quantitative estimate of drug-likeness (QED) is 0.468. The zero-order valence-electron chi connectivity index (χ0n) is 10.5. The maximum atomic E-state index is 4.08. The zero-order valence-corrected chi connectivity index (χ0v) is 10.5. The molecule has 0 aliphatic carbocycles. The molecule has 0 aromatic carbocycles. The molecule has 0 saturated heterocycles. The van der Waals surface area contributed by atoms with E-state index in [1.54, 1.807) is 0 Å². The van der Waals surface area contributed by atoms with Crippen LogP contribution >= 0.6 is 0 Å². The van der Waals surface area contributed by atoms with Gasteiger partial charge in [-0.1, -0.05) is 57.9 Å². The number of hydrogen-bond donors (Lipinski definition) is 1. The fraction of sp³-hybridized carbons (Fsp3) is 0.571. The number of allylic oxidation sites excluding steroid dienone is 3. The van der Waals surface area contributed by atoms with Gasteiger partial charge in [0, 0.05) is 12.7 Å². The Morgan fingerprint density at radius 2 is 1.93 bits per heavy atom. The molecule has 1 N–H and O–H groups in total. The molecular formula is C14H25N. The molecule has 1 nitrogen and oxygen atoms in total. The van der Waals surface area contributed by atoms with Crippen LogP contribution in [0.2, 0.25) is 0 Å². The smallest absolute Gasteiger partial charge is 0.0264 e. The van der Waals surface area contributed by atoms with Gasteiger partial charge < -0.3 is 5.32 Å². The van der Waals surface area contributed by atoms with Crippen molar-refractivity contribution in [3.05, 3.63) is 36.6 Å². The van der Waals surface area contributed by atoms with E-state index in [0.717, 1.165) is 5.70 Å². The number of rotatable bonds is 8. The standard InChI is InChI=1S/C14H25N/c1-6-7-8-9-12(2)13(3)10-11-14(4)15-5/h10-12,15H,3-4,6-9H2,1-2,5H3/b11-10-.